The van der Waals surface area contributed by atoms with Gasteiger partial charge in [0.25, 0.3) is 5.56 Å². The Bertz CT molecular complexity index is 1110. The van der Waals surface area contributed by atoms with Crippen molar-refractivity contribution in [2.75, 3.05) is 32.7 Å². The minimum absolute atomic E-state index is 0.0478. The molecular weight excluding hydrogens is 390 g/mol. The first kappa shape index (κ1) is 21.6. The molecule has 0 radical (unpaired) electrons. The van der Waals surface area contributed by atoms with Gasteiger partial charge < -0.3 is 14.8 Å². The van der Waals surface area contributed by atoms with E-state index in [0.29, 0.717) is 0 Å². The van der Waals surface area contributed by atoms with Gasteiger partial charge in [-0.25, -0.2) is 4.68 Å². The SMILES string of the molecule is CC[NH+]1CC[NH+]([C@@H](c2cc3cccc(C)c3[nH]c2=O)c2nnnn2C(C)(C)CC)CC1. The highest BCUT2D eigenvalue weighted by atomic mass is 16.1. The summed E-state index contributed by atoms with van der Waals surface area (Å²) in [5.41, 5.74) is 2.44. The lowest BCUT2D eigenvalue weighted by molar-refractivity contribution is -1.02. The second-order valence-electron chi connectivity index (χ2n) is 9.40. The number of hydrogen-bond donors (Lipinski definition) is 3. The topological polar surface area (TPSA) is 85.3 Å². The predicted molar refractivity (Wildman–Crippen MR) is 121 cm³/mol. The van der Waals surface area contributed by atoms with E-state index in [-0.39, 0.29) is 17.1 Å². The number of likely N-dealkylation sites (N-methyl/N-ethyl adjacent to an activating group) is 1. The Balaban J connectivity index is 1.87. The molecule has 1 aliphatic rings. The number of nitrogens with zero attached hydrogens (tertiary/aromatic N) is 4. The van der Waals surface area contributed by atoms with Crippen molar-refractivity contribution in [3.8, 4) is 0 Å². The third kappa shape index (κ3) is 4.02. The second kappa shape index (κ2) is 8.51. The lowest BCUT2D eigenvalue weighted by atomic mass is 9.98. The number of H-pyrrole nitrogens is 1. The molecule has 0 amide bonds. The van der Waals surface area contributed by atoms with Gasteiger partial charge in [0.2, 0.25) is 5.82 Å². The van der Waals surface area contributed by atoms with E-state index in [0.717, 1.165) is 67.0 Å². The number of tetrazole rings is 1. The Morgan fingerprint density at radius 1 is 1.19 bits per heavy atom. The van der Waals surface area contributed by atoms with Crippen molar-refractivity contribution in [2.45, 2.75) is 52.6 Å². The molecule has 1 aromatic carbocycles. The third-order valence-electron chi connectivity index (χ3n) is 7.13. The van der Waals surface area contributed by atoms with Crippen LogP contribution < -0.4 is 15.4 Å². The number of aryl methyl sites for hydroxylation is 1. The number of rotatable bonds is 6. The van der Waals surface area contributed by atoms with Crippen LogP contribution in [-0.2, 0) is 5.54 Å². The fourth-order valence-corrected chi connectivity index (χ4v) is 4.68. The van der Waals surface area contributed by atoms with Crippen LogP contribution >= 0.6 is 0 Å². The lowest BCUT2D eigenvalue weighted by Crippen LogP contribution is -3.28. The Morgan fingerprint density at radius 2 is 1.94 bits per heavy atom. The first-order chi connectivity index (χ1) is 14.9. The number of para-hydroxylation sites is 1. The van der Waals surface area contributed by atoms with Gasteiger partial charge in [0.15, 0.2) is 6.04 Å². The molecule has 3 N–H and O–H groups in total. The van der Waals surface area contributed by atoms with Gasteiger partial charge in [-0.15, -0.1) is 5.10 Å². The minimum Gasteiger partial charge on any atom is -0.326 e. The first-order valence-corrected chi connectivity index (χ1v) is 11.4. The number of aromatic amines is 1. The highest BCUT2D eigenvalue weighted by molar-refractivity contribution is 5.82. The number of piperazine rings is 1. The van der Waals surface area contributed by atoms with Crippen molar-refractivity contribution in [3.63, 3.8) is 0 Å². The summed E-state index contributed by atoms with van der Waals surface area (Å²) in [6.45, 7) is 16.0. The smallest absolute Gasteiger partial charge is 0.258 e. The standard InChI is InChI=1S/C23H33N7O/c1-6-23(4,5)30-21(25-26-27-30)20(29-13-11-28(7-2)12-14-29)18-15-17-10-8-9-16(3)19(17)24-22(18)31/h8-10,15,20H,6-7,11-14H2,1-5H3,(H,24,31)/p+2/t20-/m0/s1. The van der Waals surface area contributed by atoms with Gasteiger partial charge in [0.1, 0.15) is 26.2 Å². The molecule has 1 saturated heterocycles. The number of hydrogen-bond acceptors (Lipinski definition) is 4. The van der Waals surface area contributed by atoms with E-state index in [1.807, 2.05) is 23.7 Å². The molecule has 3 heterocycles. The predicted octanol–water partition coefficient (Wildman–Crippen LogP) is -0.139. The zero-order valence-electron chi connectivity index (χ0n) is 19.3. The molecule has 3 aromatic rings. The van der Waals surface area contributed by atoms with Gasteiger partial charge in [-0.1, -0.05) is 25.1 Å². The number of aromatic nitrogens is 5. The van der Waals surface area contributed by atoms with Crippen LogP contribution in [0.25, 0.3) is 10.9 Å². The highest BCUT2D eigenvalue weighted by Crippen LogP contribution is 2.25. The van der Waals surface area contributed by atoms with Crippen LogP contribution in [0.3, 0.4) is 0 Å². The number of nitrogens with one attached hydrogen (secondary N) is 3. The van der Waals surface area contributed by atoms with Crippen LogP contribution in [0.1, 0.15) is 57.1 Å². The van der Waals surface area contributed by atoms with Crippen LogP contribution in [0, 0.1) is 6.92 Å². The summed E-state index contributed by atoms with van der Waals surface area (Å²) in [5, 5.41) is 13.9. The van der Waals surface area contributed by atoms with Crippen LogP contribution in [0.4, 0.5) is 0 Å². The largest absolute Gasteiger partial charge is 0.326 e. The zero-order valence-corrected chi connectivity index (χ0v) is 19.3. The van der Waals surface area contributed by atoms with E-state index in [4.69, 9.17) is 0 Å². The quantitative estimate of drug-likeness (QED) is 0.513. The van der Waals surface area contributed by atoms with Crippen LogP contribution in [-0.4, -0.2) is 57.9 Å². The number of quaternary nitrogens is 2. The fraction of sp³-hybridized carbons (Fsp3) is 0.565. The normalized spacial score (nSPS) is 20.8. The number of pyridine rings is 1. The second-order valence-corrected chi connectivity index (χ2v) is 9.40. The molecule has 1 aliphatic heterocycles. The summed E-state index contributed by atoms with van der Waals surface area (Å²) in [6.07, 6.45) is 0.897. The maximum atomic E-state index is 13.4. The van der Waals surface area contributed by atoms with Crippen molar-refractivity contribution in [1.29, 1.82) is 0 Å². The summed E-state index contributed by atoms with van der Waals surface area (Å²) >= 11 is 0. The van der Waals surface area contributed by atoms with E-state index in [1.54, 1.807) is 4.90 Å². The van der Waals surface area contributed by atoms with Crippen molar-refractivity contribution < 1.29 is 9.80 Å². The number of fused-ring (bicyclic) bond motifs is 1. The molecule has 31 heavy (non-hydrogen) atoms. The van der Waals surface area contributed by atoms with Crippen molar-refractivity contribution in [1.82, 2.24) is 25.2 Å². The molecule has 0 spiro atoms. The van der Waals surface area contributed by atoms with Gasteiger partial charge in [-0.3, -0.25) is 4.79 Å². The Kier molecular flexibility index (Phi) is 5.94. The average Bonchev–Trinajstić information content (AvgIpc) is 3.26. The van der Waals surface area contributed by atoms with E-state index >= 15 is 0 Å². The Morgan fingerprint density at radius 3 is 2.61 bits per heavy atom. The zero-order chi connectivity index (χ0) is 22.2. The van der Waals surface area contributed by atoms with E-state index in [1.165, 1.54) is 4.90 Å². The molecule has 0 aliphatic carbocycles. The third-order valence-corrected chi connectivity index (χ3v) is 7.13. The molecule has 0 saturated carbocycles. The molecule has 0 bridgehead atoms. The van der Waals surface area contributed by atoms with Crippen molar-refractivity contribution in [2.24, 2.45) is 0 Å². The maximum Gasteiger partial charge on any atom is 0.258 e. The van der Waals surface area contributed by atoms with E-state index < -0.39 is 0 Å². The Labute approximate surface area is 183 Å². The monoisotopic (exact) mass is 425 g/mol. The highest BCUT2D eigenvalue weighted by Gasteiger charge is 2.39. The van der Waals surface area contributed by atoms with E-state index in [2.05, 4.69) is 60.3 Å². The molecule has 2 aromatic heterocycles. The molecule has 8 heteroatoms. The van der Waals surface area contributed by atoms with Crippen molar-refractivity contribution in [3.05, 3.63) is 51.6 Å². The van der Waals surface area contributed by atoms with E-state index in [9.17, 15) is 4.79 Å². The Hall–Kier alpha value is -2.58. The summed E-state index contributed by atoms with van der Waals surface area (Å²) in [4.78, 5) is 19.5. The van der Waals surface area contributed by atoms with Gasteiger partial charge >= 0.3 is 0 Å². The molecule has 4 rings (SSSR count). The maximum absolute atomic E-state index is 13.4. The summed E-state index contributed by atoms with van der Waals surface area (Å²) < 4.78 is 1.93. The van der Waals surface area contributed by atoms with Crippen LogP contribution in [0.2, 0.25) is 0 Å². The van der Waals surface area contributed by atoms with Gasteiger partial charge in [-0.2, -0.15) is 0 Å². The lowest BCUT2D eigenvalue weighted by Gasteiger charge is -2.35. The molecule has 8 nitrogen and oxygen atoms in total. The molecular formula is C23H35N7O+2. The molecule has 166 valence electrons. The average molecular weight is 426 g/mol. The fourth-order valence-electron chi connectivity index (χ4n) is 4.68. The summed E-state index contributed by atoms with van der Waals surface area (Å²) in [7, 11) is 0. The molecule has 1 fully saturated rings. The van der Waals surface area contributed by atoms with Gasteiger partial charge in [0.05, 0.1) is 23.2 Å². The van der Waals surface area contributed by atoms with Crippen molar-refractivity contribution >= 4 is 10.9 Å². The number of benzene rings is 1. The van der Waals surface area contributed by atoms with Crippen LogP contribution in [0.15, 0.2) is 29.1 Å². The molecule has 1 atom stereocenters. The minimum atomic E-state index is -0.229. The van der Waals surface area contributed by atoms with Crippen LogP contribution in [0.5, 0.6) is 0 Å². The summed E-state index contributed by atoms with van der Waals surface area (Å²) in [6, 6.07) is 7.97. The summed E-state index contributed by atoms with van der Waals surface area (Å²) in [5.74, 6) is 0.777. The van der Waals surface area contributed by atoms with Gasteiger partial charge in [0, 0.05) is 0 Å². The molecule has 0 unspecified atom stereocenters. The first-order valence-electron chi connectivity index (χ1n) is 11.4. The van der Waals surface area contributed by atoms with Gasteiger partial charge in [-0.05, 0) is 61.6 Å².